The molecule has 5 aromatic rings. The minimum atomic E-state index is 1.03. The van der Waals surface area contributed by atoms with Crippen LogP contribution < -0.4 is 0 Å². The third-order valence-corrected chi connectivity index (χ3v) is 5.89. The zero-order valence-corrected chi connectivity index (χ0v) is 14.9. The Morgan fingerprint density at radius 3 is 1.85 bits per heavy atom. The molecule has 0 fully saturated rings. The summed E-state index contributed by atoms with van der Waals surface area (Å²) >= 11 is 0. The maximum Gasteiger partial charge on any atom is -0.00820 e. The number of fused-ring (bicyclic) bond motifs is 7. The smallest absolute Gasteiger partial charge is 0.00820 e. The molecule has 0 aromatic heterocycles. The Labute approximate surface area is 158 Å². The van der Waals surface area contributed by atoms with E-state index < -0.39 is 0 Å². The van der Waals surface area contributed by atoms with Crippen LogP contribution in [0.4, 0.5) is 0 Å². The molecule has 0 heteroatoms. The van der Waals surface area contributed by atoms with Crippen molar-refractivity contribution in [2.45, 2.75) is 6.42 Å². The van der Waals surface area contributed by atoms with Crippen LogP contribution in [0.2, 0.25) is 0 Å². The Bertz CT molecular complexity index is 1350. The second-order valence-electron chi connectivity index (χ2n) is 7.33. The van der Waals surface area contributed by atoms with Crippen LogP contribution in [0.25, 0.3) is 49.5 Å². The molecule has 0 saturated heterocycles. The zero-order chi connectivity index (χ0) is 17.8. The fraction of sp³-hybridized carbons (Fsp3) is 0.0370. The molecule has 0 spiro atoms. The van der Waals surface area contributed by atoms with E-state index >= 15 is 0 Å². The second-order valence-corrected chi connectivity index (χ2v) is 7.33. The van der Waals surface area contributed by atoms with Crippen molar-refractivity contribution < 1.29 is 0 Å². The molecule has 0 nitrogen and oxygen atoms in total. The summed E-state index contributed by atoms with van der Waals surface area (Å²) in [6, 6.07) is 31.2. The molecule has 0 aliphatic heterocycles. The van der Waals surface area contributed by atoms with Crippen LogP contribution in [-0.4, -0.2) is 0 Å². The van der Waals surface area contributed by atoms with Crippen LogP contribution in [0, 0.1) is 0 Å². The van der Waals surface area contributed by atoms with Gasteiger partial charge in [0.2, 0.25) is 0 Å². The van der Waals surface area contributed by atoms with Crippen molar-refractivity contribution >= 4 is 38.4 Å². The molecule has 6 rings (SSSR count). The first kappa shape index (κ1) is 14.8. The highest BCUT2D eigenvalue weighted by Crippen LogP contribution is 2.38. The number of hydrogen-bond acceptors (Lipinski definition) is 0. The molecule has 0 bridgehead atoms. The third kappa shape index (κ3) is 2.10. The highest BCUT2D eigenvalue weighted by atomic mass is 14.2. The second kappa shape index (κ2) is 5.56. The third-order valence-electron chi connectivity index (χ3n) is 5.89. The molecule has 0 saturated carbocycles. The highest BCUT2D eigenvalue weighted by Gasteiger charge is 2.13. The van der Waals surface area contributed by atoms with Gasteiger partial charge in [-0.2, -0.15) is 0 Å². The van der Waals surface area contributed by atoms with Gasteiger partial charge in [0.15, 0.2) is 0 Å². The van der Waals surface area contributed by atoms with E-state index in [2.05, 4.69) is 97.1 Å². The molecule has 126 valence electrons. The van der Waals surface area contributed by atoms with Crippen molar-refractivity contribution in [2.24, 2.45) is 0 Å². The monoisotopic (exact) mass is 342 g/mol. The lowest BCUT2D eigenvalue weighted by Gasteiger charge is -2.13. The summed E-state index contributed by atoms with van der Waals surface area (Å²) in [6.45, 7) is 0. The lowest BCUT2D eigenvalue weighted by atomic mass is 9.90. The molecule has 1 aliphatic carbocycles. The lowest BCUT2D eigenvalue weighted by molar-refractivity contribution is 1.31. The average Bonchev–Trinajstić information content (AvgIpc) is 3.23. The predicted octanol–water partition coefficient (Wildman–Crippen LogP) is 7.38. The summed E-state index contributed by atoms with van der Waals surface area (Å²) in [5.74, 6) is 0. The van der Waals surface area contributed by atoms with Crippen molar-refractivity contribution in [3.05, 3.63) is 102 Å². The Morgan fingerprint density at radius 1 is 0.519 bits per heavy atom. The topological polar surface area (TPSA) is 0 Å². The van der Waals surface area contributed by atoms with Gasteiger partial charge in [-0.1, -0.05) is 91.0 Å². The Balaban J connectivity index is 1.73. The standard InChI is InChI=1S/C27H18/c1-2-11-24-22(9-1)23-10-3-4-12-25(23)27-17-19(15-16-26(24)27)21-14-6-8-18-7-5-13-20(18)21/h1-12,14-17H,13H2. The number of benzene rings is 5. The van der Waals surface area contributed by atoms with Crippen LogP contribution in [-0.2, 0) is 6.42 Å². The maximum atomic E-state index is 2.39. The maximum absolute atomic E-state index is 2.39. The van der Waals surface area contributed by atoms with Gasteiger partial charge in [-0.25, -0.2) is 0 Å². The van der Waals surface area contributed by atoms with Crippen LogP contribution in [0.1, 0.15) is 11.1 Å². The summed E-state index contributed by atoms with van der Waals surface area (Å²) in [4.78, 5) is 0. The first-order valence-electron chi connectivity index (χ1n) is 9.52. The van der Waals surface area contributed by atoms with Gasteiger partial charge in [-0.3, -0.25) is 0 Å². The first-order chi connectivity index (χ1) is 13.4. The molecular weight excluding hydrogens is 324 g/mol. The summed E-state index contributed by atoms with van der Waals surface area (Å²) in [6.07, 6.45) is 5.53. The summed E-state index contributed by atoms with van der Waals surface area (Å²) in [5.41, 5.74) is 5.47. The van der Waals surface area contributed by atoms with Crippen molar-refractivity contribution in [3.8, 4) is 11.1 Å². The van der Waals surface area contributed by atoms with E-state index in [0.29, 0.717) is 0 Å². The van der Waals surface area contributed by atoms with Crippen LogP contribution >= 0.6 is 0 Å². The first-order valence-corrected chi connectivity index (χ1v) is 9.52. The van der Waals surface area contributed by atoms with E-state index in [0.717, 1.165) is 6.42 Å². The normalized spacial score (nSPS) is 12.9. The van der Waals surface area contributed by atoms with Gasteiger partial charge in [-0.05, 0) is 67.1 Å². The van der Waals surface area contributed by atoms with Gasteiger partial charge in [0.05, 0.1) is 0 Å². The largest absolute Gasteiger partial charge is 0.0795 e. The molecular formula is C27H18. The minimum absolute atomic E-state index is 1.03. The van der Waals surface area contributed by atoms with Crippen LogP contribution in [0.3, 0.4) is 0 Å². The van der Waals surface area contributed by atoms with Gasteiger partial charge in [-0.15, -0.1) is 0 Å². The lowest BCUT2D eigenvalue weighted by Crippen LogP contribution is -1.89. The van der Waals surface area contributed by atoms with Gasteiger partial charge >= 0.3 is 0 Å². The van der Waals surface area contributed by atoms with E-state index in [1.165, 1.54) is 54.6 Å². The van der Waals surface area contributed by atoms with E-state index in [-0.39, 0.29) is 0 Å². The molecule has 0 radical (unpaired) electrons. The minimum Gasteiger partial charge on any atom is -0.0795 e. The Morgan fingerprint density at radius 2 is 1.15 bits per heavy atom. The van der Waals surface area contributed by atoms with Crippen molar-refractivity contribution in [1.29, 1.82) is 0 Å². The number of allylic oxidation sites excluding steroid dienone is 1. The molecule has 1 aliphatic rings. The molecule has 0 amide bonds. The number of rotatable bonds is 1. The molecule has 5 aromatic carbocycles. The molecule has 27 heavy (non-hydrogen) atoms. The average molecular weight is 342 g/mol. The van der Waals surface area contributed by atoms with E-state index in [1.807, 2.05) is 0 Å². The Hall–Kier alpha value is -3.38. The van der Waals surface area contributed by atoms with E-state index in [4.69, 9.17) is 0 Å². The highest BCUT2D eigenvalue weighted by molar-refractivity contribution is 6.25. The van der Waals surface area contributed by atoms with Crippen molar-refractivity contribution in [1.82, 2.24) is 0 Å². The summed E-state index contributed by atoms with van der Waals surface area (Å²) in [7, 11) is 0. The fourth-order valence-electron chi connectivity index (χ4n) is 4.64. The molecule has 0 unspecified atom stereocenters. The van der Waals surface area contributed by atoms with Gasteiger partial charge < -0.3 is 0 Å². The SMILES string of the molecule is C1=Cc2cccc(-c3ccc4c5ccccc5c5ccccc5c4c3)c2C1. The predicted molar refractivity (Wildman–Crippen MR) is 117 cm³/mol. The summed E-state index contributed by atoms with van der Waals surface area (Å²) < 4.78 is 0. The summed E-state index contributed by atoms with van der Waals surface area (Å²) in [5, 5.41) is 8.00. The number of hydrogen-bond donors (Lipinski definition) is 0. The Kier molecular flexibility index (Phi) is 3.04. The molecule has 0 N–H and O–H groups in total. The zero-order valence-electron chi connectivity index (χ0n) is 14.9. The van der Waals surface area contributed by atoms with Crippen molar-refractivity contribution in [2.75, 3.05) is 0 Å². The van der Waals surface area contributed by atoms with E-state index in [1.54, 1.807) is 0 Å². The molecule has 0 atom stereocenters. The van der Waals surface area contributed by atoms with Gasteiger partial charge in [0, 0.05) is 0 Å². The van der Waals surface area contributed by atoms with Crippen molar-refractivity contribution in [3.63, 3.8) is 0 Å². The van der Waals surface area contributed by atoms with Crippen LogP contribution in [0.5, 0.6) is 0 Å². The quantitative estimate of drug-likeness (QED) is 0.279. The fourth-order valence-corrected chi connectivity index (χ4v) is 4.64. The van der Waals surface area contributed by atoms with Gasteiger partial charge in [0.1, 0.15) is 0 Å². The molecule has 0 heterocycles. The van der Waals surface area contributed by atoms with Crippen LogP contribution in [0.15, 0.2) is 91.0 Å². The van der Waals surface area contributed by atoms with Gasteiger partial charge in [0.25, 0.3) is 0 Å². The van der Waals surface area contributed by atoms with E-state index in [9.17, 15) is 0 Å².